The second kappa shape index (κ2) is 4.60. The molecule has 1 saturated heterocycles. The van der Waals surface area contributed by atoms with Crippen LogP contribution in [0.1, 0.15) is 58.8 Å². The van der Waals surface area contributed by atoms with Crippen molar-refractivity contribution in [2.24, 2.45) is 29.1 Å². The third kappa shape index (κ3) is 2.21. The maximum Gasteiger partial charge on any atom is 0.317 e. The van der Waals surface area contributed by atoms with Gasteiger partial charge in [-0.25, -0.2) is 0 Å². The summed E-state index contributed by atoms with van der Waals surface area (Å²) in [6.45, 7) is 4.53. The summed E-state index contributed by atoms with van der Waals surface area (Å²) >= 11 is 0. The quantitative estimate of drug-likeness (QED) is 0.567. The Morgan fingerprint density at radius 2 is 1.79 bits per heavy atom. The number of carbonyl (C=O) groups excluding carboxylic acids is 2. The fourth-order valence-electron chi connectivity index (χ4n) is 5.23. The third-order valence-corrected chi connectivity index (χ3v) is 5.84. The lowest BCUT2D eigenvalue weighted by Gasteiger charge is -2.50. The summed E-state index contributed by atoms with van der Waals surface area (Å²) < 4.78 is 4.82. The van der Waals surface area contributed by atoms with Crippen LogP contribution in [-0.2, 0) is 14.3 Å². The number of esters is 2. The van der Waals surface area contributed by atoms with Crippen LogP contribution in [-0.4, -0.2) is 11.9 Å². The zero-order valence-electron chi connectivity index (χ0n) is 12.0. The van der Waals surface area contributed by atoms with Gasteiger partial charge in [-0.1, -0.05) is 13.8 Å². The summed E-state index contributed by atoms with van der Waals surface area (Å²) in [6, 6.07) is 0. The normalized spacial score (nSPS) is 46.2. The van der Waals surface area contributed by atoms with Crippen molar-refractivity contribution in [2.75, 3.05) is 0 Å². The van der Waals surface area contributed by atoms with Crippen LogP contribution >= 0.6 is 0 Å². The number of carbonyl (C=O) groups is 2. The largest absolute Gasteiger partial charge is 0.393 e. The van der Waals surface area contributed by atoms with Crippen molar-refractivity contribution >= 4 is 11.9 Å². The molecule has 0 spiro atoms. The van der Waals surface area contributed by atoms with Crippen molar-refractivity contribution in [3.63, 3.8) is 0 Å². The Labute approximate surface area is 115 Å². The molecular weight excluding hydrogens is 240 g/mol. The van der Waals surface area contributed by atoms with Gasteiger partial charge >= 0.3 is 11.9 Å². The molecular formula is C16H24O3. The van der Waals surface area contributed by atoms with Crippen LogP contribution in [0.3, 0.4) is 0 Å². The molecule has 1 heterocycles. The molecule has 0 radical (unpaired) electrons. The summed E-state index contributed by atoms with van der Waals surface area (Å²) in [5, 5.41) is 0. The van der Waals surface area contributed by atoms with Gasteiger partial charge in [0.05, 0.1) is 12.3 Å². The molecule has 3 unspecified atom stereocenters. The van der Waals surface area contributed by atoms with E-state index in [4.69, 9.17) is 4.74 Å². The molecule has 3 atom stereocenters. The first-order valence-electron chi connectivity index (χ1n) is 7.77. The molecule has 106 valence electrons. The Balaban J connectivity index is 1.84. The molecule has 0 N–H and O–H groups in total. The van der Waals surface area contributed by atoms with Crippen molar-refractivity contribution in [3.05, 3.63) is 0 Å². The van der Waals surface area contributed by atoms with Crippen LogP contribution < -0.4 is 0 Å². The van der Waals surface area contributed by atoms with E-state index in [0.717, 1.165) is 37.0 Å². The van der Waals surface area contributed by atoms with E-state index in [9.17, 15) is 9.59 Å². The smallest absolute Gasteiger partial charge is 0.317 e. The molecule has 0 aromatic carbocycles. The molecule has 0 amide bonds. The molecule has 0 aromatic rings. The van der Waals surface area contributed by atoms with Gasteiger partial charge in [0, 0.05) is 0 Å². The van der Waals surface area contributed by atoms with Gasteiger partial charge in [-0.05, 0) is 61.7 Å². The average Bonchev–Trinajstić information content (AvgIpc) is 2.67. The van der Waals surface area contributed by atoms with Crippen molar-refractivity contribution in [2.45, 2.75) is 58.8 Å². The van der Waals surface area contributed by atoms with E-state index in [-0.39, 0.29) is 23.3 Å². The van der Waals surface area contributed by atoms with Crippen LogP contribution in [0.2, 0.25) is 0 Å². The highest BCUT2D eigenvalue weighted by molar-refractivity contribution is 5.95. The monoisotopic (exact) mass is 264 g/mol. The molecule has 3 fully saturated rings. The molecule has 19 heavy (non-hydrogen) atoms. The first-order valence-corrected chi connectivity index (χ1v) is 7.77. The van der Waals surface area contributed by atoms with Crippen LogP contribution in [0, 0.1) is 29.1 Å². The number of hydrogen-bond acceptors (Lipinski definition) is 3. The number of cyclic esters (lactones) is 2. The van der Waals surface area contributed by atoms with Crippen LogP contribution in [0.5, 0.6) is 0 Å². The van der Waals surface area contributed by atoms with Gasteiger partial charge in [0.2, 0.25) is 0 Å². The van der Waals surface area contributed by atoms with Gasteiger partial charge in [0.25, 0.3) is 0 Å². The van der Waals surface area contributed by atoms with Crippen molar-refractivity contribution in [1.29, 1.82) is 0 Å². The molecule has 2 bridgehead atoms. The third-order valence-electron chi connectivity index (χ3n) is 5.84. The fraction of sp³-hybridized carbons (Fsp3) is 0.875. The van der Waals surface area contributed by atoms with Crippen molar-refractivity contribution in [1.82, 2.24) is 0 Å². The lowest BCUT2D eigenvalue weighted by molar-refractivity contribution is -0.155. The molecule has 3 heteroatoms. The van der Waals surface area contributed by atoms with Gasteiger partial charge in [0.15, 0.2) is 0 Å². The van der Waals surface area contributed by atoms with Gasteiger partial charge in [0.1, 0.15) is 0 Å². The van der Waals surface area contributed by atoms with Crippen LogP contribution in [0.15, 0.2) is 0 Å². The van der Waals surface area contributed by atoms with Gasteiger partial charge in [-0.15, -0.1) is 0 Å². The summed E-state index contributed by atoms with van der Waals surface area (Å²) in [5.74, 6) is 1.61. The highest BCUT2D eigenvalue weighted by Crippen LogP contribution is 2.56. The van der Waals surface area contributed by atoms with E-state index in [0.29, 0.717) is 6.42 Å². The highest BCUT2D eigenvalue weighted by Gasteiger charge is 2.53. The SMILES string of the molecule is CCC1(C2CC(=O)OC2=O)CC2CC(C)CC(C2)C1. The Kier molecular flexibility index (Phi) is 3.18. The van der Waals surface area contributed by atoms with E-state index >= 15 is 0 Å². The zero-order chi connectivity index (χ0) is 13.6. The minimum atomic E-state index is -0.313. The topological polar surface area (TPSA) is 43.4 Å². The van der Waals surface area contributed by atoms with E-state index in [1.165, 1.54) is 19.3 Å². The predicted octanol–water partition coefficient (Wildman–Crippen LogP) is 3.32. The maximum absolute atomic E-state index is 12.0. The minimum Gasteiger partial charge on any atom is -0.393 e. The number of rotatable bonds is 2. The van der Waals surface area contributed by atoms with E-state index in [1.54, 1.807) is 0 Å². The first kappa shape index (κ1) is 13.1. The number of ether oxygens (including phenoxy) is 1. The Morgan fingerprint density at radius 1 is 1.16 bits per heavy atom. The zero-order valence-corrected chi connectivity index (χ0v) is 12.0. The second-order valence-electron chi connectivity index (χ2n) is 7.22. The summed E-state index contributed by atoms with van der Waals surface area (Å²) in [7, 11) is 0. The Morgan fingerprint density at radius 3 is 2.26 bits per heavy atom. The van der Waals surface area contributed by atoms with Gasteiger partial charge in [-0.3, -0.25) is 9.59 Å². The highest BCUT2D eigenvalue weighted by atomic mass is 16.6. The minimum absolute atomic E-state index is 0.0387. The molecule has 1 aliphatic heterocycles. The van der Waals surface area contributed by atoms with Crippen molar-refractivity contribution < 1.29 is 14.3 Å². The summed E-state index contributed by atoms with van der Waals surface area (Å²) in [5.41, 5.74) is 0.0387. The number of fused-ring (bicyclic) bond motifs is 2. The van der Waals surface area contributed by atoms with Crippen LogP contribution in [0.25, 0.3) is 0 Å². The standard InChI is InChI=1S/C16H24O3/c1-3-16(13-7-14(17)19-15(13)18)8-11-4-10(2)5-12(6-11)9-16/h10-13H,3-9H2,1-2H3. The van der Waals surface area contributed by atoms with E-state index in [1.807, 2.05) is 0 Å². The van der Waals surface area contributed by atoms with E-state index in [2.05, 4.69) is 13.8 Å². The van der Waals surface area contributed by atoms with Gasteiger partial charge in [-0.2, -0.15) is 0 Å². The fourth-order valence-corrected chi connectivity index (χ4v) is 5.23. The summed E-state index contributed by atoms with van der Waals surface area (Å²) in [6.07, 6.45) is 7.50. The Bertz CT molecular complexity index is 383. The van der Waals surface area contributed by atoms with E-state index < -0.39 is 0 Å². The summed E-state index contributed by atoms with van der Waals surface area (Å²) in [4.78, 5) is 23.4. The molecule has 3 nitrogen and oxygen atoms in total. The second-order valence-corrected chi connectivity index (χ2v) is 7.22. The lowest BCUT2D eigenvalue weighted by Crippen LogP contribution is -2.43. The molecule has 2 saturated carbocycles. The molecule has 0 aromatic heterocycles. The predicted molar refractivity (Wildman–Crippen MR) is 71.2 cm³/mol. The molecule has 3 rings (SSSR count). The lowest BCUT2D eigenvalue weighted by atomic mass is 9.54. The average molecular weight is 264 g/mol. The van der Waals surface area contributed by atoms with Gasteiger partial charge < -0.3 is 4.74 Å². The molecule has 2 aliphatic carbocycles. The van der Waals surface area contributed by atoms with Crippen LogP contribution in [0.4, 0.5) is 0 Å². The van der Waals surface area contributed by atoms with Crippen molar-refractivity contribution in [3.8, 4) is 0 Å². The number of hydrogen-bond donors (Lipinski definition) is 0. The Hall–Kier alpha value is -0.860. The maximum atomic E-state index is 12.0. The molecule has 3 aliphatic rings. The first-order chi connectivity index (χ1) is 9.02.